The number of thioether (sulfide) groups is 1. The van der Waals surface area contributed by atoms with Crippen LogP contribution in [0, 0.1) is 5.92 Å². The molecule has 1 aliphatic rings. The number of Topliss-reactive ketones (excluding diaryl/α,β-unsaturated/α-hetero) is 1. The molecule has 0 amide bonds. The number of carbonyl (C=O) groups excluding carboxylic acids is 1. The molecule has 0 unspecified atom stereocenters. The first-order valence-electron chi connectivity index (χ1n) is 10.4. The summed E-state index contributed by atoms with van der Waals surface area (Å²) in [5.74, 6) is -0.952. The molecule has 0 radical (unpaired) electrons. The molecular formula is C24H24N2O3S2. The maximum atomic E-state index is 13.6. The monoisotopic (exact) mass is 452 g/mol. The Hall–Kier alpha value is -2.51. The van der Waals surface area contributed by atoms with Gasteiger partial charge in [0.2, 0.25) is 0 Å². The normalized spacial score (nSPS) is 15.6. The highest BCUT2D eigenvalue weighted by Gasteiger charge is 2.27. The molecule has 7 heteroatoms. The number of carboxylic acid groups (broad SMARTS) is 1. The minimum atomic E-state index is -1.08. The second kappa shape index (κ2) is 9.75. The van der Waals surface area contributed by atoms with Crippen molar-refractivity contribution < 1.29 is 14.7 Å². The van der Waals surface area contributed by atoms with Gasteiger partial charge in [0.05, 0.1) is 17.3 Å². The van der Waals surface area contributed by atoms with Crippen LogP contribution in [0.2, 0.25) is 0 Å². The number of ketones is 1. The van der Waals surface area contributed by atoms with E-state index in [2.05, 4.69) is 8.75 Å². The number of aromatic nitrogens is 2. The zero-order chi connectivity index (χ0) is 21.8. The molecule has 1 aromatic heterocycles. The summed E-state index contributed by atoms with van der Waals surface area (Å²) in [6.07, 6.45) is 8.00. The van der Waals surface area contributed by atoms with Crippen LogP contribution in [0.25, 0.3) is 16.6 Å². The number of hydrogen-bond acceptors (Lipinski definition) is 6. The Kier molecular flexibility index (Phi) is 6.83. The highest BCUT2D eigenvalue weighted by atomic mass is 32.2. The number of nitrogens with zero attached hydrogens (tertiary/aromatic N) is 2. The summed E-state index contributed by atoms with van der Waals surface area (Å²) in [6.45, 7) is 0. The van der Waals surface area contributed by atoms with Gasteiger partial charge in [-0.3, -0.25) is 4.79 Å². The lowest BCUT2D eigenvalue weighted by Crippen LogP contribution is -2.16. The molecule has 0 atom stereocenters. The molecule has 0 spiro atoms. The van der Waals surface area contributed by atoms with Crippen molar-refractivity contribution >= 4 is 51.8 Å². The number of fused-ring (bicyclic) bond motifs is 1. The molecular weight excluding hydrogens is 428 g/mol. The molecule has 1 aliphatic carbocycles. The zero-order valence-electron chi connectivity index (χ0n) is 17.3. The number of carbonyl (C=O) groups is 2. The van der Waals surface area contributed by atoms with Gasteiger partial charge in [-0.05, 0) is 60.6 Å². The van der Waals surface area contributed by atoms with Gasteiger partial charge in [-0.25, -0.2) is 4.79 Å². The van der Waals surface area contributed by atoms with E-state index in [1.165, 1.54) is 6.42 Å². The maximum absolute atomic E-state index is 13.6. The first-order valence-corrected chi connectivity index (χ1v) is 12.4. The largest absolute Gasteiger partial charge is 0.478 e. The standard InChI is InChI=1S/C24H24N2O3S2/c1-30-18-10-7-16(8-11-18)23(27)19(13-15-5-3-2-4-6-15)22(24(28)29)17-9-12-20-21(14-17)26-31-25-20/h7-12,14-15H,2-6,13H2,1H3,(H,28,29). The van der Waals surface area contributed by atoms with Crippen LogP contribution in [-0.2, 0) is 4.79 Å². The quantitative estimate of drug-likeness (QED) is 0.265. The fraction of sp³-hybridized carbons (Fsp3) is 0.333. The van der Waals surface area contributed by atoms with Gasteiger partial charge in [0.1, 0.15) is 11.0 Å². The lowest BCUT2D eigenvalue weighted by Gasteiger charge is -2.23. The Balaban J connectivity index is 1.82. The van der Waals surface area contributed by atoms with E-state index in [0.29, 0.717) is 34.6 Å². The van der Waals surface area contributed by atoms with Gasteiger partial charge in [-0.15, -0.1) is 11.8 Å². The predicted molar refractivity (Wildman–Crippen MR) is 126 cm³/mol. The smallest absolute Gasteiger partial charge is 0.336 e. The molecule has 160 valence electrons. The summed E-state index contributed by atoms with van der Waals surface area (Å²) in [4.78, 5) is 27.1. The van der Waals surface area contributed by atoms with Crippen molar-refractivity contribution in [3.05, 3.63) is 59.2 Å². The number of benzene rings is 2. The third kappa shape index (κ3) is 4.88. The molecule has 1 saturated carbocycles. The van der Waals surface area contributed by atoms with Gasteiger partial charge in [0.15, 0.2) is 5.78 Å². The van der Waals surface area contributed by atoms with E-state index in [4.69, 9.17) is 0 Å². The van der Waals surface area contributed by atoms with Crippen LogP contribution in [0.1, 0.15) is 54.4 Å². The SMILES string of the molecule is CSc1ccc(C(=O)C(CC2CCCCC2)=C(C(=O)O)c2ccc3nsnc3c2)cc1. The van der Waals surface area contributed by atoms with Crippen LogP contribution in [0.15, 0.2) is 52.9 Å². The lowest BCUT2D eigenvalue weighted by molar-refractivity contribution is -0.130. The van der Waals surface area contributed by atoms with Crippen LogP contribution >= 0.6 is 23.5 Å². The second-order valence-corrected chi connectivity index (χ2v) is 9.30. The highest BCUT2D eigenvalue weighted by Crippen LogP contribution is 2.34. The van der Waals surface area contributed by atoms with E-state index in [1.807, 2.05) is 18.4 Å². The molecule has 1 heterocycles. The molecule has 1 N–H and O–H groups in total. The van der Waals surface area contributed by atoms with Crippen molar-refractivity contribution in [2.45, 2.75) is 43.4 Å². The van der Waals surface area contributed by atoms with Crippen LogP contribution in [0.5, 0.6) is 0 Å². The Bertz CT molecular complexity index is 1130. The maximum Gasteiger partial charge on any atom is 0.336 e. The van der Waals surface area contributed by atoms with E-state index in [1.54, 1.807) is 42.1 Å². The number of allylic oxidation sites excluding steroid dienone is 1. The van der Waals surface area contributed by atoms with Gasteiger partial charge >= 0.3 is 5.97 Å². The van der Waals surface area contributed by atoms with E-state index >= 15 is 0 Å². The van der Waals surface area contributed by atoms with Gasteiger partial charge in [0, 0.05) is 16.0 Å². The minimum absolute atomic E-state index is 0.0828. The van der Waals surface area contributed by atoms with Gasteiger partial charge in [-0.1, -0.05) is 38.2 Å². The summed E-state index contributed by atoms with van der Waals surface area (Å²) < 4.78 is 8.45. The summed E-state index contributed by atoms with van der Waals surface area (Å²) in [5, 5.41) is 10.2. The number of rotatable bonds is 7. The summed E-state index contributed by atoms with van der Waals surface area (Å²) >= 11 is 2.70. The third-order valence-corrected chi connectivity index (χ3v) is 7.20. The van der Waals surface area contributed by atoms with Crippen molar-refractivity contribution in [3.63, 3.8) is 0 Å². The molecule has 31 heavy (non-hydrogen) atoms. The number of hydrogen-bond donors (Lipinski definition) is 1. The summed E-state index contributed by atoms with van der Waals surface area (Å²) in [5.41, 5.74) is 2.88. The average molecular weight is 453 g/mol. The number of aliphatic carboxylic acids is 1. The zero-order valence-corrected chi connectivity index (χ0v) is 19.0. The Morgan fingerprint density at radius 3 is 2.35 bits per heavy atom. The van der Waals surface area contributed by atoms with Crippen molar-refractivity contribution in [2.24, 2.45) is 5.92 Å². The van der Waals surface area contributed by atoms with Gasteiger partial charge in [0.25, 0.3) is 0 Å². The van der Waals surface area contributed by atoms with Crippen molar-refractivity contribution in [3.8, 4) is 0 Å². The van der Waals surface area contributed by atoms with Crippen molar-refractivity contribution in [2.75, 3.05) is 6.26 Å². The van der Waals surface area contributed by atoms with Crippen molar-refractivity contribution in [1.82, 2.24) is 8.75 Å². The molecule has 1 fully saturated rings. The lowest BCUT2D eigenvalue weighted by atomic mass is 9.81. The van der Waals surface area contributed by atoms with Crippen LogP contribution in [-0.4, -0.2) is 31.9 Å². The molecule has 0 saturated heterocycles. The van der Waals surface area contributed by atoms with E-state index in [0.717, 1.165) is 47.8 Å². The summed E-state index contributed by atoms with van der Waals surface area (Å²) in [7, 11) is 0. The fourth-order valence-electron chi connectivity index (χ4n) is 4.27. The first kappa shape index (κ1) is 21.7. The van der Waals surface area contributed by atoms with Crippen LogP contribution in [0.4, 0.5) is 0 Å². The molecule has 4 rings (SSSR count). The Labute approximate surface area is 189 Å². The number of carboxylic acids is 1. The minimum Gasteiger partial charge on any atom is -0.478 e. The molecule has 2 aromatic carbocycles. The predicted octanol–water partition coefficient (Wildman–Crippen LogP) is 6.10. The Morgan fingerprint density at radius 2 is 1.68 bits per heavy atom. The molecule has 5 nitrogen and oxygen atoms in total. The highest BCUT2D eigenvalue weighted by molar-refractivity contribution is 7.98. The van der Waals surface area contributed by atoms with E-state index in [9.17, 15) is 14.7 Å². The molecule has 0 aliphatic heterocycles. The topological polar surface area (TPSA) is 80.2 Å². The first-order chi connectivity index (χ1) is 15.1. The van der Waals surface area contributed by atoms with E-state index < -0.39 is 5.97 Å². The summed E-state index contributed by atoms with van der Waals surface area (Å²) in [6, 6.07) is 12.6. The fourth-order valence-corrected chi connectivity index (χ4v) is 5.19. The van der Waals surface area contributed by atoms with Gasteiger partial charge in [-0.2, -0.15) is 8.75 Å². The van der Waals surface area contributed by atoms with Gasteiger partial charge < -0.3 is 5.11 Å². The molecule has 0 bridgehead atoms. The van der Waals surface area contributed by atoms with Crippen molar-refractivity contribution in [1.29, 1.82) is 0 Å². The Morgan fingerprint density at radius 1 is 1.00 bits per heavy atom. The average Bonchev–Trinajstić information content (AvgIpc) is 3.27. The second-order valence-electron chi connectivity index (χ2n) is 7.89. The molecule has 3 aromatic rings. The van der Waals surface area contributed by atoms with Crippen LogP contribution in [0.3, 0.4) is 0 Å². The third-order valence-electron chi connectivity index (χ3n) is 5.90. The van der Waals surface area contributed by atoms with Crippen LogP contribution < -0.4 is 0 Å². The van der Waals surface area contributed by atoms with E-state index in [-0.39, 0.29) is 11.4 Å².